The Labute approximate surface area is 164 Å². The highest BCUT2D eigenvalue weighted by molar-refractivity contribution is 6.42. The topological polar surface area (TPSA) is 72.2 Å². The lowest BCUT2D eigenvalue weighted by atomic mass is 10.2. The molecular weight excluding hydrogens is 385 g/mol. The van der Waals surface area contributed by atoms with Crippen LogP contribution in [-0.4, -0.2) is 25.3 Å². The molecule has 0 saturated heterocycles. The first-order chi connectivity index (χ1) is 13.0. The highest BCUT2D eigenvalue weighted by Crippen LogP contribution is 2.25. The zero-order valence-electron chi connectivity index (χ0n) is 14.1. The molecule has 0 aliphatic heterocycles. The van der Waals surface area contributed by atoms with E-state index in [-0.39, 0.29) is 11.9 Å². The van der Waals surface area contributed by atoms with Crippen molar-refractivity contribution in [1.82, 2.24) is 19.4 Å². The van der Waals surface area contributed by atoms with Gasteiger partial charge in [0.25, 0.3) is 5.91 Å². The van der Waals surface area contributed by atoms with Crippen LogP contribution in [0.1, 0.15) is 16.1 Å². The Morgan fingerprint density at radius 1 is 1.07 bits per heavy atom. The number of rotatable bonds is 3. The Bertz CT molecular complexity index is 1170. The number of carbonyl (C=O) groups excluding carboxylic acids is 1. The molecule has 0 radical (unpaired) electrons. The minimum absolute atomic E-state index is 0.189. The molecule has 4 aromatic rings. The first-order valence-electron chi connectivity index (χ1n) is 8.06. The Morgan fingerprint density at radius 2 is 1.93 bits per heavy atom. The third-order valence-electron chi connectivity index (χ3n) is 4.01. The molecule has 0 unspecified atom stereocenters. The number of carbonyl (C=O) groups is 1. The molecule has 1 aromatic carbocycles. The molecule has 0 aliphatic rings. The summed E-state index contributed by atoms with van der Waals surface area (Å²) in [5, 5.41) is 3.37. The summed E-state index contributed by atoms with van der Waals surface area (Å²) in [6.07, 6.45) is 3.51. The number of amides is 1. The first-order valence-corrected chi connectivity index (χ1v) is 8.82. The summed E-state index contributed by atoms with van der Waals surface area (Å²) in [4.78, 5) is 25.6. The van der Waals surface area contributed by atoms with Crippen molar-refractivity contribution >= 4 is 40.7 Å². The number of aromatic nitrogens is 4. The second-order valence-electron chi connectivity index (χ2n) is 5.82. The van der Waals surface area contributed by atoms with Crippen LogP contribution in [0.5, 0.6) is 0 Å². The zero-order chi connectivity index (χ0) is 19.0. The molecule has 0 spiro atoms. The van der Waals surface area contributed by atoms with Crippen molar-refractivity contribution in [1.29, 1.82) is 0 Å². The summed E-state index contributed by atoms with van der Waals surface area (Å²) < 4.78 is 1.95. The van der Waals surface area contributed by atoms with Gasteiger partial charge in [-0.2, -0.15) is 0 Å². The number of hydrogen-bond acceptors (Lipinski definition) is 4. The zero-order valence-corrected chi connectivity index (χ0v) is 15.7. The smallest absolute Gasteiger partial charge is 0.258 e. The average Bonchev–Trinajstić information content (AvgIpc) is 3.00. The summed E-state index contributed by atoms with van der Waals surface area (Å²) in [6.45, 7) is 1.92. The van der Waals surface area contributed by atoms with Crippen LogP contribution in [0.15, 0.2) is 54.9 Å². The van der Waals surface area contributed by atoms with Gasteiger partial charge in [0.2, 0.25) is 5.95 Å². The molecular formula is C19H13Cl2N5O. The van der Waals surface area contributed by atoms with Crippen molar-refractivity contribution < 1.29 is 4.79 Å². The number of pyridine rings is 1. The molecule has 8 heteroatoms. The van der Waals surface area contributed by atoms with Gasteiger partial charge in [-0.25, -0.2) is 15.0 Å². The number of imidazole rings is 1. The normalized spacial score (nSPS) is 10.9. The summed E-state index contributed by atoms with van der Waals surface area (Å²) >= 11 is 11.9. The van der Waals surface area contributed by atoms with Crippen molar-refractivity contribution in [2.45, 2.75) is 6.92 Å². The van der Waals surface area contributed by atoms with Crippen molar-refractivity contribution in [2.24, 2.45) is 0 Å². The third-order valence-corrected chi connectivity index (χ3v) is 4.75. The van der Waals surface area contributed by atoms with E-state index in [0.29, 0.717) is 21.3 Å². The van der Waals surface area contributed by atoms with Gasteiger partial charge in [-0.3, -0.25) is 14.5 Å². The van der Waals surface area contributed by atoms with Gasteiger partial charge < -0.3 is 0 Å². The molecule has 0 bridgehead atoms. The molecule has 3 heterocycles. The maximum Gasteiger partial charge on any atom is 0.258 e. The van der Waals surface area contributed by atoms with Gasteiger partial charge in [0.15, 0.2) is 0 Å². The summed E-state index contributed by atoms with van der Waals surface area (Å²) in [7, 11) is 0. The number of fused-ring (bicyclic) bond motifs is 1. The van der Waals surface area contributed by atoms with Gasteiger partial charge in [0, 0.05) is 18.0 Å². The third kappa shape index (κ3) is 3.37. The molecule has 0 fully saturated rings. The monoisotopic (exact) mass is 397 g/mol. The molecule has 6 nitrogen and oxygen atoms in total. The second kappa shape index (κ2) is 6.98. The standard InChI is InChI=1S/C19H13Cl2N5O/c1-11-17(26-9-3-2-4-16(26)23-11)15-7-8-22-19(24-15)25-18(27)12-5-6-13(20)14(21)10-12/h2-10H,1H3,(H,22,24,25,27). The van der Waals surface area contributed by atoms with Gasteiger partial charge in [0.05, 0.1) is 27.1 Å². The summed E-state index contributed by atoms with van der Waals surface area (Å²) in [5.41, 5.74) is 3.53. The molecule has 4 rings (SSSR count). The Hall–Kier alpha value is -2.96. The van der Waals surface area contributed by atoms with Gasteiger partial charge >= 0.3 is 0 Å². The van der Waals surface area contributed by atoms with E-state index < -0.39 is 0 Å². The fraction of sp³-hybridized carbons (Fsp3) is 0.0526. The lowest BCUT2D eigenvalue weighted by Gasteiger charge is -2.07. The number of benzene rings is 1. The van der Waals surface area contributed by atoms with Crippen LogP contribution < -0.4 is 5.32 Å². The maximum absolute atomic E-state index is 12.4. The predicted octanol–water partition coefficient (Wildman–Crippen LogP) is 4.66. The average molecular weight is 398 g/mol. The predicted molar refractivity (Wildman–Crippen MR) is 105 cm³/mol. The van der Waals surface area contributed by atoms with Gasteiger partial charge in [-0.15, -0.1) is 0 Å². The van der Waals surface area contributed by atoms with Gasteiger partial charge in [-0.1, -0.05) is 29.3 Å². The van der Waals surface area contributed by atoms with E-state index in [4.69, 9.17) is 23.2 Å². The van der Waals surface area contributed by atoms with Crippen molar-refractivity contribution in [2.75, 3.05) is 5.32 Å². The number of nitrogens with one attached hydrogen (secondary N) is 1. The van der Waals surface area contributed by atoms with E-state index in [1.54, 1.807) is 24.4 Å². The van der Waals surface area contributed by atoms with Crippen molar-refractivity contribution in [3.63, 3.8) is 0 Å². The van der Waals surface area contributed by atoms with Crippen molar-refractivity contribution in [3.8, 4) is 11.4 Å². The quantitative estimate of drug-likeness (QED) is 0.545. The Kier molecular flexibility index (Phi) is 4.51. The van der Waals surface area contributed by atoms with Crippen LogP contribution in [0.25, 0.3) is 17.0 Å². The Balaban J connectivity index is 1.67. The van der Waals surface area contributed by atoms with E-state index >= 15 is 0 Å². The number of halogens is 2. The largest absolute Gasteiger partial charge is 0.298 e. The lowest BCUT2D eigenvalue weighted by molar-refractivity contribution is 0.102. The SMILES string of the molecule is Cc1nc2ccccn2c1-c1ccnc(NC(=O)c2ccc(Cl)c(Cl)c2)n1. The number of anilines is 1. The summed E-state index contributed by atoms with van der Waals surface area (Å²) in [5.74, 6) is -0.186. The van der Waals surface area contributed by atoms with Crippen LogP contribution in [0.2, 0.25) is 10.0 Å². The highest BCUT2D eigenvalue weighted by Gasteiger charge is 2.14. The minimum atomic E-state index is -0.374. The highest BCUT2D eigenvalue weighted by atomic mass is 35.5. The van der Waals surface area contributed by atoms with Crippen LogP contribution >= 0.6 is 23.2 Å². The van der Waals surface area contributed by atoms with E-state index in [1.165, 1.54) is 6.07 Å². The minimum Gasteiger partial charge on any atom is -0.298 e. The molecule has 0 aliphatic carbocycles. The molecule has 134 valence electrons. The molecule has 1 amide bonds. The van der Waals surface area contributed by atoms with Crippen molar-refractivity contribution in [3.05, 3.63) is 76.2 Å². The van der Waals surface area contributed by atoms with Gasteiger partial charge in [-0.05, 0) is 43.3 Å². The lowest BCUT2D eigenvalue weighted by Crippen LogP contribution is -2.14. The number of hydrogen-bond donors (Lipinski definition) is 1. The van der Waals surface area contributed by atoms with Crippen LogP contribution in [-0.2, 0) is 0 Å². The van der Waals surface area contributed by atoms with Crippen LogP contribution in [0, 0.1) is 6.92 Å². The fourth-order valence-corrected chi connectivity index (χ4v) is 3.08. The molecule has 3 aromatic heterocycles. The molecule has 0 saturated carbocycles. The van der Waals surface area contributed by atoms with E-state index in [2.05, 4.69) is 20.3 Å². The van der Waals surface area contributed by atoms with Crippen LogP contribution in [0.4, 0.5) is 5.95 Å². The Morgan fingerprint density at radius 3 is 2.74 bits per heavy atom. The number of nitrogens with zero attached hydrogens (tertiary/aromatic N) is 4. The first kappa shape index (κ1) is 17.5. The molecule has 27 heavy (non-hydrogen) atoms. The van der Waals surface area contributed by atoms with E-state index in [1.807, 2.05) is 35.7 Å². The molecule has 0 atom stereocenters. The number of aryl methyl sites for hydroxylation is 1. The van der Waals surface area contributed by atoms with Gasteiger partial charge in [0.1, 0.15) is 5.65 Å². The summed E-state index contributed by atoms with van der Waals surface area (Å²) in [6, 6.07) is 12.2. The maximum atomic E-state index is 12.4. The second-order valence-corrected chi connectivity index (χ2v) is 6.64. The van der Waals surface area contributed by atoms with E-state index in [9.17, 15) is 4.79 Å². The van der Waals surface area contributed by atoms with Crippen LogP contribution in [0.3, 0.4) is 0 Å². The van der Waals surface area contributed by atoms with E-state index in [0.717, 1.165) is 17.0 Å². The molecule has 1 N–H and O–H groups in total. The fourth-order valence-electron chi connectivity index (χ4n) is 2.78.